The van der Waals surface area contributed by atoms with E-state index >= 15 is 0 Å². The van der Waals surface area contributed by atoms with Crippen LogP contribution in [0, 0.1) is 5.92 Å². The number of rotatable bonds is 7. The molecule has 0 aliphatic carbocycles. The second kappa shape index (κ2) is 6.97. The Morgan fingerprint density at radius 2 is 1.94 bits per heavy atom. The number of hydrogen-bond donors (Lipinski definition) is 1. The van der Waals surface area contributed by atoms with Crippen LogP contribution in [0.25, 0.3) is 0 Å². The molecule has 0 saturated heterocycles. The molecular weight excluding hydrogens is 218 g/mol. The summed E-state index contributed by atoms with van der Waals surface area (Å²) in [5.41, 5.74) is 1.19. The van der Waals surface area contributed by atoms with E-state index in [1.165, 1.54) is 23.4 Å². The molecule has 0 saturated carbocycles. The Morgan fingerprint density at radius 3 is 2.44 bits per heavy atom. The summed E-state index contributed by atoms with van der Waals surface area (Å²) in [6.07, 6.45) is 4.58. The van der Waals surface area contributed by atoms with E-state index in [-0.39, 0.29) is 0 Å². The number of aromatic nitrogens is 2. The molecule has 1 rings (SSSR count). The summed E-state index contributed by atoms with van der Waals surface area (Å²) in [4.78, 5) is 1.35. The van der Waals surface area contributed by atoms with Gasteiger partial charge in [0.15, 0.2) is 0 Å². The van der Waals surface area contributed by atoms with Gasteiger partial charge >= 0.3 is 0 Å². The van der Waals surface area contributed by atoms with Crippen molar-refractivity contribution in [3.8, 4) is 0 Å². The summed E-state index contributed by atoms with van der Waals surface area (Å²) >= 11 is 1.56. The van der Waals surface area contributed by atoms with Crippen LogP contribution in [0.2, 0.25) is 0 Å². The van der Waals surface area contributed by atoms with Crippen molar-refractivity contribution in [2.45, 2.75) is 52.5 Å². The van der Waals surface area contributed by atoms with Gasteiger partial charge in [-0.2, -0.15) is 0 Å². The second-order valence-electron chi connectivity index (χ2n) is 4.18. The molecule has 0 aliphatic rings. The summed E-state index contributed by atoms with van der Waals surface area (Å²) in [7, 11) is 2.04. The van der Waals surface area contributed by atoms with Gasteiger partial charge in [0.2, 0.25) is 0 Å². The Kier molecular flexibility index (Phi) is 5.91. The Morgan fingerprint density at radius 1 is 1.25 bits per heavy atom. The Balaban J connectivity index is 2.88. The van der Waals surface area contributed by atoms with Gasteiger partial charge < -0.3 is 5.32 Å². The SMILES string of the molecule is CCCc1nnsc1C(NC)C(CC)CC. The standard InChI is InChI=1S/C12H23N3S/c1-5-8-10-12(16-15-14-10)11(13-4)9(6-2)7-3/h9,11,13H,5-8H2,1-4H3. The van der Waals surface area contributed by atoms with Crippen molar-refractivity contribution in [1.82, 2.24) is 14.9 Å². The van der Waals surface area contributed by atoms with E-state index < -0.39 is 0 Å². The maximum Gasteiger partial charge on any atom is 0.0803 e. The molecule has 92 valence electrons. The zero-order valence-electron chi connectivity index (χ0n) is 10.8. The zero-order valence-corrected chi connectivity index (χ0v) is 11.6. The van der Waals surface area contributed by atoms with Crippen molar-refractivity contribution < 1.29 is 0 Å². The van der Waals surface area contributed by atoms with E-state index in [4.69, 9.17) is 0 Å². The molecule has 4 heteroatoms. The highest BCUT2D eigenvalue weighted by atomic mass is 32.1. The molecule has 16 heavy (non-hydrogen) atoms. The number of hydrogen-bond acceptors (Lipinski definition) is 4. The van der Waals surface area contributed by atoms with Gasteiger partial charge in [0.1, 0.15) is 0 Å². The fraction of sp³-hybridized carbons (Fsp3) is 0.833. The second-order valence-corrected chi connectivity index (χ2v) is 4.96. The first kappa shape index (κ1) is 13.6. The molecule has 0 aromatic carbocycles. The third-order valence-corrected chi connectivity index (χ3v) is 4.04. The van der Waals surface area contributed by atoms with Gasteiger partial charge in [-0.15, -0.1) is 5.10 Å². The number of nitrogens with zero attached hydrogens (tertiary/aromatic N) is 2. The summed E-state index contributed by atoms with van der Waals surface area (Å²) in [5.74, 6) is 0.683. The van der Waals surface area contributed by atoms with Crippen LogP contribution in [0.4, 0.5) is 0 Å². The minimum absolute atomic E-state index is 0.427. The van der Waals surface area contributed by atoms with Crippen LogP contribution < -0.4 is 5.32 Å². The maximum atomic E-state index is 4.25. The Hall–Kier alpha value is -0.480. The van der Waals surface area contributed by atoms with Crippen LogP contribution in [0.1, 0.15) is 56.6 Å². The molecule has 1 aromatic heterocycles. The highest BCUT2D eigenvalue weighted by Gasteiger charge is 2.23. The van der Waals surface area contributed by atoms with Crippen LogP contribution in [0.3, 0.4) is 0 Å². The average Bonchev–Trinajstić information content (AvgIpc) is 2.74. The number of nitrogens with one attached hydrogen (secondary N) is 1. The van der Waals surface area contributed by atoms with Gasteiger partial charge in [-0.1, -0.05) is 44.5 Å². The Labute approximate surface area is 103 Å². The van der Waals surface area contributed by atoms with E-state index in [0.717, 1.165) is 12.8 Å². The first-order chi connectivity index (χ1) is 7.78. The lowest BCUT2D eigenvalue weighted by Gasteiger charge is -2.24. The highest BCUT2D eigenvalue weighted by molar-refractivity contribution is 7.05. The van der Waals surface area contributed by atoms with Crippen molar-refractivity contribution >= 4 is 11.5 Å². The van der Waals surface area contributed by atoms with Crippen molar-refractivity contribution in [2.24, 2.45) is 5.92 Å². The Bertz CT molecular complexity index is 294. The molecule has 1 N–H and O–H groups in total. The molecule has 0 bridgehead atoms. The van der Waals surface area contributed by atoms with E-state index in [2.05, 4.69) is 35.7 Å². The summed E-state index contributed by atoms with van der Waals surface area (Å²) in [6, 6.07) is 0.427. The van der Waals surface area contributed by atoms with Crippen LogP contribution in [0.5, 0.6) is 0 Å². The van der Waals surface area contributed by atoms with Crippen LogP contribution in [-0.2, 0) is 6.42 Å². The molecule has 1 atom stereocenters. The average molecular weight is 241 g/mol. The van der Waals surface area contributed by atoms with Crippen LogP contribution in [-0.4, -0.2) is 16.6 Å². The van der Waals surface area contributed by atoms with Crippen LogP contribution >= 0.6 is 11.5 Å². The molecule has 1 unspecified atom stereocenters. The lowest BCUT2D eigenvalue weighted by Crippen LogP contribution is -2.24. The van der Waals surface area contributed by atoms with Crippen molar-refractivity contribution in [3.05, 3.63) is 10.6 Å². The van der Waals surface area contributed by atoms with E-state index in [0.29, 0.717) is 12.0 Å². The molecule has 1 aromatic rings. The monoisotopic (exact) mass is 241 g/mol. The molecule has 3 nitrogen and oxygen atoms in total. The lowest BCUT2D eigenvalue weighted by atomic mass is 9.92. The molecule has 0 fully saturated rings. The minimum Gasteiger partial charge on any atom is -0.312 e. The first-order valence-corrected chi connectivity index (χ1v) is 7.04. The maximum absolute atomic E-state index is 4.25. The summed E-state index contributed by atoms with van der Waals surface area (Å²) in [6.45, 7) is 6.70. The smallest absolute Gasteiger partial charge is 0.0803 e. The summed E-state index contributed by atoms with van der Waals surface area (Å²) < 4.78 is 4.11. The fourth-order valence-corrected chi connectivity index (χ4v) is 3.10. The van der Waals surface area contributed by atoms with Crippen molar-refractivity contribution in [3.63, 3.8) is 0 Å². The molecule has 0 spiro atoms. The molecule has 0 radical (unpaired) electrons. The lowest BCUT2D eigenvalue weighted by molar-refractivity contribution is 0.362. The summed E-state index contributed by atoms with van der Waals surface area (Å²) in [5, 5.41) is 7.69. The molecule has 1 heterocycles. The largest absolute Gasteiger partial charge is 0.312 e. The zero-order chi connectivity index (χ0) is 12.0. The van der Waals surface area contributed by atoms with Crippen molar-refractivity contribution in [1.29, 1.82) is 0 Å². The van der Waals surface area contributed by atoms with Gasteiger partial charge in [0, 0.05) is 6.04 Å². The first-order valence-electron chi connectivity index (χ1n) is 6.26. The number of aryl methyl sites for hydroxylation is 1. The van der Waals surface area contributed by atoms with Crippen LogP contribution in [0.15, 0.2) is 0 Å². The normalized spacial score (nSPS) is 13.3. The predicted octanol–water partition coefficient (Wildman–Crippen LogP) is 3.19. The highest BCUT2D eigenvalue weighted by Crippen LogP contribution is 2.31. The minimum atomic E-state index is 0.427. The molecular formula is C12H23N3S. The van der Waals surface area contributed by atoms with Crippen molar-refractivity contribution in [2.75, 3.05) is 7.05 Å². The van der Waals surface area contributed by atoms with E-state index in [1.54, 1.807) is 11.5 Å². The molecule has 0 amide bonds. The topological polar surface area (TPSA) is 37.8 Å². The third kappa shape index (κ3) is 3.01. The van der Waals surface area contributed by atoms with Gasteiger partial charge in [-0.3, -0.25) is 0 Å². The van der Waals surface area contributed by atoms with Gasteiger partial charge in [-0.05, 0) is 30.9 Å². The fourth-order valence-electron chi connectivity index (χ4n) is 2.20. The van der Waals surface area contributed by atoms with Gasteiger partial charge in [-0.25, -0.2) is 0 Å². The predicted molar refractivity (Wildman–Crippen MR) is 69.8 cm³/mol. The van der Waals surface area contributed by atoms with E-state index in [9.17, 15) is 0 Å². The van der Waals surface area contributed by atoms with Gasteiger partial charge in [0.25, 0.3) is 0 Å². The molecule has 0 aliphatic heterocycles. The third-order valence-electron chi connectivity index (χ3n) is 3.19. The van der Waals surface area contributed by atoms with E-state index in [1.807, 2.05) is 7.05 Å². The quantitative estimate of drug-likeness (QED) is 0.796. The van der Waals surface area contributed by atoms with Gasteiger partial charge in [0.05, 0.1) is 10.6 Å².